The molecule has 0 N–H and O–H groups in total. The first-order valence-corrected chi connectivity index (χ1v) is 39.6. The van der Waals surface area contributed by atoms with E-state index in [4.69, 9.17) is 66.4 Å². The number of aryl methyl sites for hydroxylation is 1. The molecule has 0 bridgehead atoms. The van der Waals surface area contributed by atoms with E-state index in [1.54, 1.807) is 0 Å². The summed E-state index contributed by atoms with van der Waals surface area (Å²) in [6.07, 6.45) is 0. The summed E-state index contributed by atoms with van der Waals surface area (Å²) < 4.78 is 4.57. The van der Waals surface area contributed by atoms with E-state index < -0.39 is 0 Å². The molecule has 0 aliphatic carbocycles. The molecule has 6 heterocycles. The summed E-state index contributed by atoms with van der Waals surface area (Å²) in [7, 11) is 0. The Morgan fingerprint density at radius 2 is 0.488 bits per heavy atom. The van der Waals surface area contributed by atoms with Gasteiger partial charge in [0.2, 0.25) is 0 Å². The number of aromatic nitrogens is 14. The summed E-state index contributed by atoms with van der Waals surface area (Å²) in [5.41, 5.74) is 19.6. The Morgan fingerprint density at radius 3 is 0.760 bits per heavy atom. The highest BCUT2D eigenvalue weighted by atomic mass is 15.1. The quantitative estimate of drug-likeness (QED) is 0.0831. The molecule has 0 radical (unpaired) electrons. The van der Waals surface area contributed by atoms with Crippen molar-refractivity contribution in [1.82, 2.24) is 68.9 Å². The van der Waals surface area contributed by atoms with Gasteiger partial charge in [0, 0.05) is 99.4 Å². The van der Waals surface area contributed by atoms with Crippen molar-refractivity contribution in [2.75, 3.05) is 0 Å². The van der Waals surface area contributed by atoms with Crippen molar-refractivity contribution >= 4 is 49.3 Å². The van der Waals surface area contributed by atoms with Gasteiger partial charge in [-0.05, 0) is 115 Å². The maximum absolute atomic E-state index is 11.4. The first kappa shape index (κ1) is 71.7. The molecule has 21 aromatic rings. The van der Waals surface area contributed by atoms with Crippen molar-refractivity contribution in [3.63, 3.8) is 0 Å². The lowest BCUT2D eigenvalue weighted by Gasteiger charge is -2.20. The Balaban J connectivity index is 0.829. The number of nitriles is 1. The molecule has 564 valence electrons. The van der Waals surface area contributed by atoms with Gasteiger partial charge in [0.1, 0.15) is 0 Å². The fraction of sp³-hybridized carbons (Fsp3) is 0.00952. The van der Waals surface area contributed by atoms with Gasteiger partial charge in [-0.15, -0.1) is 0 Å². The maximum atomic E-state index is 11.4. The average molecular weight is 1550 g/mol. The van der Waals surface area contributed by atoms with Gasteiger partial charge < -0.3 is 9.13 Å². The molecular formula is C105H64N16. The summed E-state index contributed by atoms with van der Waals surface area (Å²) in [6.45, 7) is 10.7. The summed E-state index contributed by atoms with van der Waals surface area (Å²) in [5, 5.41) is 14.8. The molecule has 0 amide bonds. The summed E-state index contributed by atoms with van der Waals surface area (Å²) in [6, 6.07) is 126. The predicted octanol–water partition coefficient (Wildman–Crippen LogP) is 24.7. The number of hydrogen-bond donors (Lipinski definition) is 0. The maximum Gasteiger partial charge on any atom is 0.195 e. The smallest absolute Gasteiger partial charge is 0.195 e. The molecule has 16 heteroatoms. The SMILES string of the molecule is [C-]#[N+]c1cc(C)ccc1-c1ccc(-n2c3ccc(-c4nc(-c5ccccc5)nc(-c5ccccc5)n4)cc3c3cc(-c4nc(-c5ccccc5)nc(-c5ccccc5)n4)ccc32)c(-c2ccc(C#N)cc2-n2c3ccc(-c4nc(-c5ccccc5)nc(-c5ccccc5)n4)cc3c3cc(-c4nc(-c5ccccc5)nc(-c5ccccc5)n4)ccc32)c1. The zero-order chi connectivity index (χ0) is 80.9. The normalized spacial score (nSPS) is 11.3. The zero-order valence-corrected chi connectivity index (χ0v) is 64.9. The van der Waals surface area contributed by atoms with E-state index in [1.165, 1.54) is 0 Å². The molecule has 21 rings (SSSR count). The fourth-order valence-electron chi connectivity index (χ4n) is 16.0. The van der Waals surface area contributed by atoms with Crippen LogP contribution in [0.2, 0.25) is 0 Å². The molecule has 0 spiro atoms. The second kappa shape index (κ2) is 30.6. The lowest BCUT2D eigenvalue weighted by atomic mass is 9.94. The average Bonchev–Trinajstić information content (AvgIpc) is 1.57. The molecule has 0 atom stereocenters. The number of hydrogen-bond acceptors (Lipinski definition) is 13. The van der Waals surface area contributed by atoms with Crippen LogP contribution in [-0.2, 0) is 0 Å². The minimum absolute atomic E-state index is 0.429. The number of rotatable bonds is 16. The zero-order valence-electron chi connectivity index (χ0n) is 64.9. The van der Waals surface area contributed by atoms with Crippen LogP contribution in [0.25, 0.3) is 219 Å². The van der Waals surface area contributed by atoms with Crippen LogP contribution in [0.15, 0.2) is 370 Å². The van der Waals surface area contributed by atoms with E-state index in [2.05, 4.69) is 117 Å². The Hall–Kier alpha value is -17.1. The minimum Gasteiger partial charge on any atom is -0.309 e. The van der Waals surface area contributed by atoms with Crippen LogP contribution in [0.3, 0.4) is 0 Å². The van der Waals surface area contributed by atoms with Crippen LogP contribution in [-0.4, -0.2) is 68.9 Å². The van der Waals surface area contributed by atoms with Gasteiger partial charge in [0.05, 0.1) is 51.6 Å². The Morgan fingerprint density at radius 1 is 0.231 bits per heavy atom. The molecule has 6 aromatic heterocycles. The van der Waals surface area contributed by atoms with Gasteiger partial charge in [0.25, 0.3) is 0 Å². The highest BCUT2D eigenvalue weighted by Gasteiger charge is 2.27. The summed E-state index contributed by atoms with van der Waals surface area (Å²) in [5.74, 6) is 6.15. The largest absolute Gasteiger partial charge is 0.309 e. The molecule has 121 heavy (non-hydrogen) atoms. The first-order valence-electron chi connectivity index (χ1n) is 39.6. The van der Waals surface area contributed by atoms with Gasteiger partial charge in [-0.25, -0.2) is 64.7 Å². The standard InChI is InChI=1S/C105H64N16/c1-65-43-50-80(87(57-65)107-2)75-45-52-88(120-89-53-46-76(102-112-94(67-27-11-3-12-28-67)108-95(113-102)68-29-13-4-14-30-68)60-83(89)84-61-77(47-54-90(84)120)103-114-96(69-31-15-5-16-32-69)109-97(115-103)70-33-17-6-18-34-70)82(59-75)81-51-44-66(64-106)58-93(81)121-91-55-48-78(104-116-98(71-35-19-7-20-36-71)110-99(117-104)72-37-21-8-22-38-72)62-85(91)86-63-79(49-56-92(86)121)105-118-100(73-39-23-9-24-40-73)111-101(119-105)74-41-25-10-26-42-74/h3-63H,1H3. The molecule has 0 aliphatic heterocycles. The van der Waals surface area contributed by atoms with Crippen LogP contribution in [0.4, 0.5) is 5.69 Å². The number of benzene rings is 15. The number of nitrogens with zero attached hydrogens (tertiary/aromatic N) is 16. The highest BCUT2D eigenvalue weighted by Crippen LogP contribution is 2.47. The van der Waals surface area contributed by atoms with E-state index in [1.807, 2.05) is 280 Å². The molecule has 0 fully saturated rings. The highest BCUT2D eigenvalue weighted by molar-refractivity contribution is 6.14. The van der Waals surface area contributed by atoms with Crippen LogP contribution < -0.4 is 0 Å². The Kier molecular flexibility index (Phi) is 18.1. The van der Waals surface area contributed by atoms with Gasteiger partial charge >= 0.3 is 0 Å². The molecule has 0 saturated carbocycles. The number of fused-ring (bicyclic) bond motifs is 6. The van der Waals surface area contributed by atoms with E-state index >= 15 is 0 Å². The van der Waals surface area contributed by atoms with Crippen molar-refractivity contribution in [2.45, 2.75) is 6.92 Å². The molecule has 16 nitrogen and oxygen atoms in total. The second-order valence-corrected chi connectivity index (χ2v) is 29.5. The first-order chi connectivity index (χ1) is 59.7. The Bertz CT molecular complexity index is 7110. The van der Waals surface area contributed by atoms with Gasteiger partial charge in [-0.3, -0.25) is 0 Å². The van der Waals surface area contributed by atoms with Crippen molar-refractivity contribution in [3.8, 4) is 176 Å². The molecule has 15 aromatic carbocycles. The van der Waals surface area contributed by atoms with Crippen LogP contribution >= 0.6 is 0 Å². The monoisotopic (exact) mass is 1550 g/mol. The van der Waals surface area contributed by atoms with Crippen LogP contribution in [0, 0.1) is 24.8 Å². The van der Waals surface area contributed by atoms with Gasteiger partial charge in [-0.1, -0.05) is 279 Å². The Labute approximate surface area is 695 Å². The van der Waals surface area contributed by atoms with E-state index in [0.717, 1.165) is 144 Å². The lowest BCUT2D eigenvalue weighted by molar-refractivity contribution is 1.07. The second-order valence-electron chi connectivity index (χ2n) is 29.5. The molecular weight excluding hydrogens is 1490 g/mol. The van der Waals surface area contributed by atoms with Gasteiger partial charge in [-0.2, -0.15) is 5.26 Å². The fourth-order valence-corrected chi connectivity index (χ4v) is 16.0. The third kappa shape index (κ3) is 13.6. The summed E-state index contributed by atoms with van der Waals surface area (Å²) in [4.78, 5) is 66.7. The van der Waals surface area contributed by atoms with Crippen molar-refractivity contribution in [3.05, 3.63) is 393 Å². The van der Waals surface area contributed by atoms with E-state index in [9.17, 15) is 5.26 Å². The molecule has 0 saturated heterocycles. The molecule has 0 aliphatic rings. The summed E-state index contributed by atoms with van der Waals surface area (Å²) >= 11 is 0. The minimum atomic E-state index is 0.429. The van der Waals surface area contributed by atoms with Crippen molar-refractivity contribution < 1.29 is 0 Å². The van der Waals surface area contributed by atoms with Crippen molar-refractivity contribution in [2.24, 2.45) is 0 Å². The topological polar surface area (TPSA) is 193 Å². The predicted molar refractivity (Wildman–Crippen MR) is 480 cm³/mol. The van der Waals surface area contributed by atoms with Crippen LogP contribution in [0.1, 0.15) is 11.1 Å². The van der Waals surface area contributed by atoms with Crippen molar-refractivity contribution in [1.29, 1.82) is 5.26 Å². The van der Waals surface area contributed by atoms with E-state index in [-0.39, 0.29) is 0 Å². The van der Waals surface area contributed by atoms with Gasteiger partial charge in [0.15, 0.2) is 75.6 Å². The lowest BCUT2D eigenvalue weighted by Crippen LogP contribution is -2.03. The van der Waals surface area contributed by atoms with E-state index in [0.29, 0.717) is 86.8 Å². The third-order valence-electron chi connectivity index (χ3n) is 21.8. The third-order valence-corrected chi connectivity index (χ3v) is 21.8. The molecule has 0 unspecified atom stereocenters. The van der Waals surface area contributed by atoms with Crippen LogP contribution in [0.5, 0.6) is 0 Å².